The van der Waals surface area contributed by atoms with E-state index in [-0.39, 0.29) is 6.54 Å². The van der Waals surface area contributed by atoms with Crippen LogP contribution in [0, 0.1) is 0 Å². The Morgan fingerprint density at radius 2 is 1.76 bits per heavy atom. The number of benzene rings is 1. The SMILES string of the molecule is CCNC(=NCc1cccc(C(F)(F)F)c1)NCCCCN1CCN(CC)CC1. The van der Waals surface area contributed by atoms with Crippen LogP contribution in [-0.4, -0.2) is 68.1 Å². The van der Waals surface area contributed by atoms with E-state index in [1.165, 1.54) is 6.07 Å². The zero-order valence-electron chi connectivity index (χ0n) is 17.6. The Bertz CT molecular complexity index is 625. The molecule has 0 radical (unpaired) electrons. The molecule has 29 heavy (non-hydrogen) atoms. The van der Waals surface area contributed by atoms with Gasteiger partial charge in [-0.3, -0.25) is 0 Å². The molecule has 0 unspecified atom stereocenters. The van der Waals surface area contributed by atoms with Gasteiger partial charge in [-0.05, 0) is 50.6 Å². The molecule has 5 nitrogen and oxygen atoms in total. The molecule has 2 N–H and O–H groups in total. The van der Waals surface area contributed by atoms with Gasteiger partial charge in [-0.2, -0.15) is 13.2 Å². The molecule has 1 aliphatic rings. The van der Waals surface area contributed by atoms with Crippen molar-refractivity contribution in [3.8, 4) is 0 Å². The summed E-state index contributed by atoms with van der Waals surface area (Å²) in [4.78, 5) is 9.41. The Balaban J connectivity index is 1.72. The maximum absolute atomic E-state index is 12.8. The number of nitrogens with zero attached hydrogens (tertiary/aromatic N) is 3. The largest absolute Gasteiger partial charge is 0.416 e. The molecule has 8 heteroatoms. The van der Waals surface area contributed by atoms with Crippen molar-refractivity contribution in [1.29, 1.82) is 0 Å². The molecule has 0 amide bonds. The first-order chi connectivity index (χ1) is 13.9. The van der Waals surface area contributed by atoms with Gasteiger partial charge in [0.25, 0.3) is 0 Å². The highest BCUT2D eigenvalue weighted by Crippen LogP contribution is 2.29. The van der Waals surface area contributed by atoms with Gasteiger partial charge in [0.15, 0.2) is 5.96 Å². The van der Waals surface area contributed by atoms with Crippen molar-refractivity contribution < 1.29 is 13.2 Å². The minimum Gasteiger partial charge on any atom is -0.357 e. The number of hydrogen-bond acceptors (Lipinski definition) is 3. The lowest BCUT2D eigenvalue weighted by atomic mass is 10.1. The van der Waals surface area contributed by atoms with Crippen molar-refractivity contribution in [2.75, 3.05) is 52.4 Å². The number of piperazine rings is 1. The molecule has 1 aliphatic heterocycles. The third kappa shape index (κ3) is 8.62. The molecule has 0 bridgehead atoms. The van der Waals surface area contributed by atoms with Crippen molar-refractivity contribution in [3.63, 3.8) is 0 Å². The molecule has 0 spiro atoms. The molecular weight excluding hydrogens is 379 g/mol. The zero-order valence-corrected chi connectivity index (χ0v) is 17.6. The molecule has 1 fully saturated rings. The molecule has 0 saturated carbocycles. The second-order valence-corrected chi connectivity index (χ2v) is 7.30. The summed E-state index contributed by atoms with van der Waals surface area (Å²) in [5.74, 6) is 0.640. The number of hydrogen-bond donors (Lipinski definition) is 2. The van der Waals surface area contributed by atoms with Crippen molar-refractivity contribution >= 4 is 5.96 Å². The number of likely N-dealkylation sites (N-methyl/N-ethyl adjacent to an activating group) is 1. The standard InChI is InChI=1S/C21H34F3N5/c1-3-25-20(27-17-18-8-7-9-19(16-18)21(22,23)24)26-10-5-6-11-29-14-12-28(4-2)13-15-29/h7-9,16H,3-6,10-15,17H2,1-2H3,(H2,25,26,27). The average molecular weight is 414 g/mol. The molecule has 0 aromatic heterocycles. The summed E-state index contributed by atoms with van der Waals surface area (Å²) in [5.41, 5.74) is -0.0915. The van der Waals surface area contributed by atoms with Gasteiger partial charge >= 0.3 is 6.18 Å². The summed E-state index contributed by atoms with van der Waals surface area (Å²) in [6, 6.07) is 5.33. The first-order valence-electron chi connectivity index (χ1n) is 10.6. The van der Waals surface area contributed by atoms with Gasteiger partial charge < -0.3 is 20.4 Å². The predicted molar refractivity (Wildman–Crippen MR) is 112 cm³/mol. The lowest BCUT2D eigenvalue weighted by Crippen LogP contribution is -2.46. The Kier molecular flexibility index (Phi) is 9.73. The molecule has 1 saturated heterocycles. The molecule has 1 aromatic carbocycles. The Hall–Kier alpha value is -1.80. The van der Waals surface area contributed by atoms with Crippen LogP contribution < -0.4 is 10.6 Å². The van der Waals surface area contributed by atoms with Crippen molar-refractivity contribution in [1.82, 2.24) is 20.4 Å². The maximum Gasteiger partial charge on any atom is 0.416 e. The molecule has 164 valence electrons. The smallest absolute Gasteiger partial charge is 0.357 e. The average Bonchev–Trinajstić information content (AvgIpc) is 2.71. The van der Waals surface area contributed by atoms with E-state index in [2.05, 4.69) is 32.3 Å². The van der Waals surface area contributed by atoms with Crippen LogP contribution in [0.3, 0.4) is 0 Å². The van der Waals surface area contributed by atoms with Crippen molar-refractivity contribution in [3.05, 3.63) is 35.4 Å². The number of nitrogens with one attached hydrogen (secondary N) is 2. The van der Waals surface area contributed by atoms with Crippen molar-refractivity contribution in [2.45, 2.75) is 39.4 Å². The fraction of sp³-hybridized carbons (Fsp3) is 0.667. The lowest BCUT2D eigenvalue weighted by molar-refractivity contribution is -0.137. The minimum atomic E-state index is -4.33. The summed E-state index contributed by atoms with van der Waals surface area (Å²) < 4.78 is 38.5. The topological polar surface area (TPSA) is 42.9 Å². The van der Waals surface area contributed by atoms with Crippen LogP contribution in [0.25, 0.3) is 0 Å². The number of guanidine groups is 1. The fourth-order valence-electron chi connectivity index (χ4n) is 3.35. The Morgan fingerprint density at radius 1 is 1.03 bits per heavy atom. The number of unbranched alkanes of at least 4 members (excludes halogenated alkanes) is 1. The van der Waals surface area contributed by atoms with Gasteiger partial charge in [0, 0.05) is 39.3 Å². The van der Waals surface area contributed by atoms with Gasteiger partial charge in [-0.15, -0.1) is 0 Å². The van der Waals surface area contributed by atoms with E-state index in [9.17, 15) is 13.2 Å². The minimum absolute atomic E-state index is 0.209. The highest BCUT2D eigenvalue weighted by atomic mass is 19.4. The van der Waals surface area contributed by atoms with Crippen LogP contribution in [0.4, 0.5) is 13.2 Å². The summed E-state index contributed by atoms with van der Waals surface area (Å²) in [7, 11) is 0. The number of rotatable bonds is 9. The van der Waals surface area contributed by atoms with Gasteiger partial charge in [-0.1, -0.05) is 19.1 Å². The quantitative estimate of drug-likeness (QED) is 0.371. The molecule has 0 aliphatic carbocycles. The van der Waals surface area contributed by atoms with Gasteiger partial charge in [-0.25, -0.2) is 4.99 Å². The van der Waals surface area contributed by atoms with E-state index in [0.29, 0.717) is 18.1 Å². The third-order valence-electron chi connectivity index (χ3n) is 5.12. The molecule has 0 atom stereocenters. The van der Waals surface area contributed by atoms with E-state index in [0.717, 1.165) is 70.8 Å². The Morgan fingerprint density at radius 3 is 2.41 bits per heavy atom. The second kappa shape index (κ2) is 12.0. The van der Waals surface area contributed by atoms with Crippen LogP contribution in [0.5, 0.6) is 0 Å². The van der Waals surface area contributed by atoms with E-state index in [1.54, 1.807) is 6.07 Å². The predicted octanol–water partition coefficient (Wildman–Crippen LogP) is 3.18. The normalized spacial score (nSPS) is 16.8. The van der Waals surface area contributed by atoms with Crippen LogP contribution in [0.2, 0.25) is 0 Å². The fourth-order valence-corrected chi connectivity index (χ4v) is 3.35. The molecule has 2 rings (SSSR count). The van der Waals surface area contributed by atoms with Crippen LogP contribution in [0.1, 0.15) is 37.8 Å². The van der Waals surface area contributed by atoms with Crippen LogP contribution in [-0.2, 0) is 12.7 Å². The molecule has 1 aromatic rings. The zero-order chi connectivity index (χ0) is 21.1. The number of alkyl halides is 3. The maximum atomic E-state index is 12.8. The molecule has 1 heterocycles. The van der Waals surface area contributed by atoms with Crippen molar-refractivity contribution in [2.24, 2.45) is 4.99 Å². The van der Waals surface area contributed by atoms with E-state index in [4.69, 9.17) is 0 Å². The first-order valence-corrected chi connectivity index (χ1v) is 10.6. The van der Waals surface area contributed by atoms with E-state index >= 15 is 0 Å². The van der Waals surface area contributed by atoms with Gasteiger partial charge in [0.1, 0.15) is 0 Å². The van der Waals surface area contributed by atoms with Crippen LogP contribution in [0.15, 0.2) is 29.3 Å². The lowest BCUT2D eigenvalue weighted by Gasteiger charge is -2.34. The summed E-state index contributed by atoms with van der Waals surface area (Å²) in [5, 5.41) is 6.43. The highest BCUT2D eigenvalue weighted by Gasteiger charge is 2.30. The first kappa shape index (κ1) is 23.5. The summed E-state index contributed by atoms with van der Waals surface area (Å²) in [6.07, 6.45) is -2.18. The van der Waals surface area contributed by atoms with Gasteiger partial charge in [0.2, 0.25) is 0 Å². The highest BCUT2D eigenvalue weighted by molar-refractivity contribution is 5.79. The van der Waals surface area contributed by atoms with E-state index < -0.39 is 11.7 Å². The van der Waals surface area contributed by atoms with E-state index in [1.807, 2.05) is 6.92 Å². The van der Waals surface area contributed by atoms with Gasteiger partial charge in [0.05, 0.1) is 12.1 Å². The second-order valence-electron chi connectivity index (χ2n) is 7.30. The summed E-state index contributed by atoms with van der Waals surface area (Å²) >= 11 is 0. The molecular formula is C21H34F3N5. The summed E-state index contributed by atoms with van der Waals surface area (Å²) in [6.45, 7) is 12.7. The Labute approximate surface area is 172 Å². The number of halogens is 3. The monoisotopic (exact) mass is 413 g/mol. The van der Waals surface area contributed by atoms with Crippen LogP contribution >= 0.6 is 0 Å². The number of aliphatic imine (C=N–C) groups is 1. The third-order valence-corrected chi connectivity index (χ3v) is 5.12.